The summed E-state index contributed by atoms with van der Waals surface area (Å²) < 4.78 is 25.9. The summed E-state index contributed by atoms with van der Waals surface area (Å²) in [7, 11) is -3.62. The number of thiophene rings is 1. The molecule has 0 aliphatic heterocycles. The van der Waals surface area contributed by atoms with Gasteiger partial charge in [0.2, 0.25) is 5.91 Å². The van der Waals surface area contributed by atoms with E-state index in [2.05, 4.69) is 15.0 Å². The Hall–Kier alpha value is -1.77. The number of nitrogens with zero attached hydrogens (tertiary/aromatic N) is 1. The van der Waals surface area contributed by atoms with Crippen molar-refractivity contribution < 1.29 is 13.2 Å². The minimum atomic E-state index is -3.62. The molecule has 100 valence electrons. The number of anilines is 1. The van der Waals surface area contributed by atoms with Gasteiger partial charge in [-0.25, -0.2) is 18.1 Å². The average molecular weight is 297 g/mol. The second-order valence-electron chi connectivity index (χ2n) is 3.52. The quantitative estimate of drug-likeness (QED) is 0.863. The molecule has 2 N–H and O–H groups in total. The van der Waals surface area contributed by atoms with Crippen molar-refractivity contribution in [1.82, 2.24) is 9.71 Å². The predicted octanol–water partition coefficient (Wildman–Crippen LogP) is 1.06. The van der Waals surface area contributed by atoms with Crippen LogP contribution in [0.4, 0.5) is 5.82 Å². The fraction of sp³-hybridized carbons (Fsp3) is 0.0909. The molecule has 8 heteroatoms. The number of carbonyl (C=O) groups excluding carboxylic acids is 1. The summed E-state index contributed by atoms with van der Waals surface area (Å²) in [6.45, 7) is -0.337. The van der Waals surface area contributed by atoms with Crippen LogP contribution in [-0.2, 0) is 14.8 Å². The monoisotopic (exact) mass is 297 g/mol. The predicted molar refractivity (Wildman–Crippen MR) is 72.4 cm³/mol. The smallest absolute Gasteiger partial charge is 0.250 e. The minimum absolute atomic E-state index is 0.179. The van der Waals surface area contributed by atoms with Crippen LogP contribution >= 0.6 is 11.3 Å². The third kappa shape index (κ3) is 3.85. The number of rotatable bonds is 5. The van der Waals surface area contributed by atoms with Crippen LogP contribution in [0.15, 0.2) is 46.1 Å². The molecule has 2 heterocycles. The Morgan fingerprint density at radius 2 is 2.11 bits per heavy atom. The van der Waals surface area contributed by atoms with Gasteiger partial charge in [0, 0.05) is 6.20 Å². The molecule has 0 atom stereocenters. The summed E-state index contributed by atoms with van der Waals surface area (Å²) in [6.07, 6.45) is 1.53. The first-order valence-electron chi connectivity index (χ1n) is 5.32. The highest BCUT2D eigenvalue weighted by Crippen LogP contribution is 2.14. The van der Waals surface area contributed by atoms with Crippen molar-refractivity contribution in [3.8, 4) is 0 Å². The SMILES string of the molecule is O=C(CNS(=O)(=O)c1cccs1)Nc1ccccn1. The zero-order valence-corrected chi connectivity index (χ0v) is 11.4. The Morgan fingerprint density at radius 1 is 1.26 bits per heavy atom. The van der Waals surface area contributed by atoms with Crippen LogP contribution in [0.5, 0.6) is 0 Å². The lowest BCUT2D eigenvalue weighted by Crippen LogP contribution is -2.32. The lowest BCUT2D eigenvalue weighted by molar-refractivity contribution is -0.115. The molecule has 0 aliphatic rings. The van der Waals surface area contributed by atoms with Crippen molar-refractivity contribution >= 4 is 33.1 Å². The van der Waals surface area contributed by atoms with Gasteiger partial charge in [0.15, 0.2) is 0 Å². The molecule has 2 aromatic rings. The Morgan fingerprint density at radius 3 is 2.74 bits per heavy atom. The first-order valence-corrected chi connectivity index (χ1v) is 7.68. The third-order valence-electron chi connectivity index (χ3n) is 2.12. The van der Waals surface area contributed by atoms with Gasteiger partial charge in [-0.05, 0) is 23.6 Å². The molecule has 0 aliphatic carbocycles. The fourth-order valence-electron chi connectivity index (χ4n) is 1.27. The second-order valence-corrected chi connectivity index (χ2v) is 6.46. The summed E-state index contributed by atoms with van der Waals surface area (Å²) >= 11 is 1.09. The van der Waals surface area contributed by atoms with Crippen LogP contribution in [0.3, 0.4) is 0 Å². The second kappa shape index (κ2) is 5.91. The summed E-state index contributed by atoms with van der Waals surface area (Å²) in [5.74, 6) is -0.0957. The van der Waals surface area contributed by atoms with E-state index in [-0.39, 0.29) is 10.8 Å². The molecule has 0 aromatic carbocycles. The summed E-state index contributed by atoms with van der Waals surface area (Å²) in [5.41, 5.74) is 0. The largest absolute Gasteiger partial charge is 0.310 e. The molecule has 0 unspecified atom stereocenters. The molecule has 2 rings (SSSR count). The van der Waals surface area contributed by atoms with Crippen molar-refractivity contribution in [2.24, 2.45) is 0 Å². The van der Waals surface area contributed by atoms with Gasteiger partial charge < -0.3 is 5.32 Å². The van der Waals surface area contributed by atoms with Gasteiger partial charge in [-0.3, -0.25) is 4.79 Å². The Bertz CT molecular complexity index is 639. The number of hydrogen-bond donors (Lipinski definition) is 2. The number of amides is 1. The van der Waals surface area contributed by atoms with E-state index in [1.165, 1.54) is 12.3 Å². The summed E-state index contributed by atoms with van der Waals surface area (Å²) in [5, 5.41) is 4.14. The number of carbonyl (C=O) groups is 1. The van der Waals surface area contributed by atoms with Gasteiger partial charge in [-0.2, -0.15) is 0 Å². The van der Waals surface area contributed by atoms with Gasteiger partial charge in [-0.1, -0.05) is 12.1 Å². The highest BCUT2D eigenvalue weighted by Gasteiger charge is 2.16. The van der Waals surface area contributed by atoms with E-state index in [1.54, 1.807) is 29.6 Å². The van der Waals surface area contributed by atoms with Crippen LogP contribution in [0.25, 0.3) is 0 Å². The third-order valence-corrected chi connectivity index (χ3v) is 4.91. The van der Waals surface area contributed by atoms with E-state index in [9.17, 15) is 13.2 Å². The molecule has 6 nitrogen and oxygen atoms in total. The van der Waals surface area contributed by atoms with E-state index in [4.69, 9.17) is 0 Å². The van der Waals surface area contributed by atoms with Crippen LogP contribution < -0.4 is 10.0 Å². The van der Waals surface area contributed by atoms with Crippen LogP contribution in [0, 0.1) is 0 Å². The molecule has 2 aromatic heterocycles. The first kappa shape index (κ1) is 13.7. The van der Waals surface area contributed by atoms with E-state index in [1.807, 2.05) is 0 Å². The normalized spacial score (nSPS) is 11.2. The molecule has 0 saturated carbocycles. The average Bonchev–Trinajstić information content (AvgIpc) is 2.92. The van der Waals surface area contributed by atoms with E-state index < -0.39 is 15.9 Å². The molecular weight excluding hydrogens is 286 g/mol. The van der Waals surface area contributed by atoms with Gasteiger partial charge in [0.05, 0.1) is 6.54 Å². The maximum absolute atomic E-state index is 11.8. The summed E-state index contributed by atoms with van der Waals surface area (Å²) in [4.78, 5) is 15.5. The van der Waals surface area contributed by atoms with Crippen molar-refractivity contribution in [1.29, 1.82) is 0 Å². The Kier molecular flexibility index (Phi) is 4.25. The molecule has 0 radical (unpaired) electrons. The van der Waals surface area contributed by atoms with Crippen molar-refractivity contribution in [3.05, 3.63) is 41.9 Å². The van der Waals surface area contributed by atoms with Crippen LogP contribution in [0.1, 0.15) is 0 Å². The topological polar surface area (TPSA) is 88.2 Å². The zero-order valence-electron chi connectivity index (χ0n) is 9.74. The molecule has 0 fully saturated rings. The number of pyridine rings is 1. The standard InChI is InChI=1S/C11H11N3O3S2/c15-10(14-9-4-1-2-6-12-9)8-13-19(16,17)11-5-3-7-18-11/h1-7,13H,8H2,(H,12,14,15). The zero-order chi connectivity index (χ0) is 13.7. The van der Waals surface area contributed by atoms with Gasteiger partial charge in [-0.15, -0.1) is 11.3 Å². The minimum Gasteiger partial charge on any atom is -0.310 e. The fourth-order valence-corrected chi connectivity index (χ4v) is 3.29. The van der Waals surface area contributed by atoms with Crippen molar-refractivity contribution in [2.45, 2.75) is 4.21 Å². The molecular formula is C11H11N3O3S2. The maximum atomic E-state index is 11.8. The first-order chi connectivity index (χ1) is 9.08. The molecule has 19 heavy (non-hydrogen) atoms. The lowest BCUT2D eigenvalue weighted by atomic mass is 10.4. The van der Waals surface area contributed by atoms with Gasteiger partial charge in [0.25, 0.3) is 10.0 Å². The number of hydrogen-bond acceptors (Lipinski definition) is 5. The highest BCUT2D eigenvalue weighted by molar-refractivity contribution is 7.91. The molecule has 0 saturated heterocycles. The van der Waals surface area contributed by atoms with E-state index in [0.717, 1.165) is 11.3 Å². The highest BCUT2D eigenvalue weighted by atomic mass is 32.2. The molecule has 0 spiro atoms. The van der Waals surface area contributed by atoms with Crippen molar-refractivity contribution in [2.75, 3.05) is 11.9 Å². The Labute approximate surface area is 114 Å². The van der Waals surface area contributed by atoms with Gasteiger partial charge in [0.1, 0.15) is 10.0 Å². The van der Waals surface area contributed by atoms with Gasteiger partial charge >= 0.3 is 0 Å². The number of sulfonamides is 1. The molecule has 0 bridgehead atoms. The van der Waals surface area contributed by atoms with Crippen molar-refractivity contribution in [3.63, 3.8) is 0 Å². The summed E-state index contributed by atoms with van der Waals surface area (Å²) in [6, 6.07) is 8.16. The maximum Gasteiger partial charge on any atom is 0.250 e. The van der Waals surface area contributed by atoms with E-state index in [0.29, 0.717) is 5.82 Å². The molecule has 1 amide bonds. The number of nitrogens with one attached hydrogen (secondary N) is 2. The Balaban J connectivity index is 1.91. The number of aromatic nitrogens is 1. The van der Waals surface area contributed by atoms with E-state index >= 15 is 0 Å². The van der Waals surface area contributed by atoms with Crippen LogP contribution in [0.2, 0.25) is 0 Å². The lowest BCUT2D eigenvalue weighted by Gasteiger charge is -2.05. The van der Waals surface area contributed by atoms with Crippen LogP contribution in [-0.4, -0.2) is 25.9 Å².